The minimum absolute atomic E-state index is 0.672. The van der Waals surface area contributed by atoms with E-state index in [1.165, 1.54) is 11.1 Å². The summed E-state index contributed by atoms with van der Waals surface area (Å²) in [5.74, 6) is 0.823. The Bertz CT molecular complexity index is 633. The molecule has 2 rings (SSSR count). The Labute approximate surface area is 107 Å². The van der Waals surface area contributed by atoms with Crippen LogP contribution in [0.15, 0.2) is 18.2 Å². The average molecular weight is 240 g/mol. The molecule has 0 unspecified atom stereocenters. The molecule has 1 N–H and O–H groups in total. The van der Waals surface area contributed by atoms with Crippen LogP contribution < -0.4 is 4.74 Å². The number of aryl methyl sites for hydroxylation is 3. The average Bonchev–Trinajstić information content (AvgIpc) is 2.73. The van der Waals surface area contributed by atoms with Gasteiger partial charge in [0.15, 0.2) is 0 Å². The third-order valence-electron chi connectivity index (χ3n) is 3.24. The van der Waals surface area contributed by atoms with E-state index in [-0.39, 0.29) is 0 Å². The van der Waals surface area contributed by atoms with Crippen molar-refractivity contribution < 1.29 is 4.74 Å². The second-order valence-corrected chi connectivity index (χ2v) is 4.47. The van der Waals surface area contributed by atoms with Crippen LogP contribution in [-0.4, -0.2) is 12.1 Å². The number of ether oxygens (including phenoxy) is 1. The number of hydrogen-bond donors (Lipinski definition) is 1. The van der Waals surface area contributed by atoms with Gasteiger partial charge in [-0.15, -0.1) is 0 Å². The van der Waals surface area contributed by atoms with E-state index in [0.29, 0.717) is 5.56 Å². The number of nitrogens with one attached hydrogen (secondary N) is 1. The minimum Gasteiger partial charge on any atom is -0.496 e. The molecular formula is C15H16N2O. The summed E-state index contributed by atoms with van der Waals surface area (Å²) in [6, 6.07) is 8.14. The van der Waals surface area contributed by atoms with E-state index < -0.39 is 0 Å². The lowest BCUT2D eigenvalue weighted by Crippen LogP contribution is -1.91. The predicted octanol–water partition coefficient (Wildman–Crippen LogP) is 3.49. The normalized spacial score (nSPS) is 10.2. The topological polar surface area (TPSA) is 48.8 Å². The summed E-state index contributed by atoms with van der Waals surface area (Å²) in [4.78, 5) is 3.23. The van der Waals surface area contributed by atoms with Gasteiger partial charge in [0.1, 0.15) is 11.8 Å². The van der Waals surface area contributed by atoms with E-state index in [2.05, 4.69) is 31.0 Å². The summed E-state index contributed by atoms with van der Waals surface area (Å²) < 4.78 is 5.42. The van der Waals surface area contributed by atoms with E-state index in [0.717, 1.165) is 22.7 Å². The van der Waals surface area contributed by atoms with Gasteiger partial charge in [-0.1, -0.05) is 0 Å². The van der Waals surface area contributed by atoms with Gasteiger partial charge in [0.25, 0.3) is 0 Å². The van der Waals surface area contributed by atoms with Crippen molar-refractivity contribution in [3.05, 3.63) is 40.6 Å². The molecule has 0 bridgehead atoms. The lowest BCUT2D eigenvalue weighted by Gasteiger charge is -2.10. The monoisotopic (exact) mass is 240 g/mol. The molecule has 3 heteroatoms. The second-order valence-electron chi connectivity index (χ2n) is 4.47. The molecule has 1 heterocycles. The van der Waals surface area contributed by atoms with E-state index in [1.807, 2.05) is 19.1 Å². The Kier molecular flexibility index (Phi) is 3.12. The summed E-state index contributed by atoms with van der Waals surface area (Å²) >= 11 is 0. The minimum atomic E-state index is 0.672. The summed E-state index contributed by atoms with van der Waals surface area (Å²) in [6.45, 7) is 6.02. The van der Waals surface area contributed by atoms with Crippen LogP contribution >= 0.6 is 0 Å². The number of rotatable bonds is 2. The third kappa shape index (κ3) is 1.98. The maximum absolute atomic E-state index is 9.00. The standard InChI is InChI=1S/C15H16N2O/c1-9-5-13(15(18-4)6-10(9)2)14-7-12(8-16)11(3)17-14/h5-7,17H,1-4H3. The fraction of sp³-hybridized carbons (Fsp3) is 0.267. The number of aromatic nitrogens is 1. The second kappa shape index (κ2) is 4.58. The zero-order chi connectivity index (χ0) is 13.3. The Morgan fingerprint density at radius 3 is 2.33 bits per heavy atom. The van der Waals surface area contributed by atoms with Crippen molar-refractivity contribution in [3.63, 3.8) is 0 Å². The van der Waals surface area contributed by atoms with Crippen LogP contribution in [0, 0.1) is 32.1 Å². The van der Waals surface area contributed by atoms with Crippen LogP contribution in [-0.2, 0) is 0 Å². The molecule has 0 amide bonds. The molecule has 0 aliphatic carbocycles. The van der Waals surface area contributed by atoms with Crippen LogP contribution in [0.2, 0.25) is 0 Å². The molecule has 0 radical (unpaired) electrons. The smallest absolute Gasteiger partial charge is 0.128 e. The van der Waals surface area contributed by atoms with E-state index in [1.54, 1.807) is 7.11 Å². The highest BCUT2D eigenvalue weighted by Gasteiger charge is 2.12. The van der Waals surface area contributed by atoms with Crippen molar-refractivity contribution >= 4 is 0 Å². The lowest BCUT2D eigenvalue weighted by molar-refractivity contribution is 0.416. The van der Waals surface area contributed by atoms with E-state index >= 15 is 0 Å². The Morgan fingerprint density at radius 1 is 1.11 bits per heavy atom. The quantitative estimate of drug-likeness (QED) is 0.873. The van der Waals surface area contributed by atoms with Crippen molar-refractivity contribution in [2.75, 3.05) is 7.11 Å². The van der Waals surface area contributed by atoms with Gasteiger partial charge in [0.2, 0.25) is 0 Å². The molecule has 0 aliphatic heterocycles. The fourth-order valence-electron chi connectivity index (χ4n) is 1.99. The molecule has 1 aromatic carbocycles. The van der Waals surface area contributed by atoms with Gasteiger partial charge in [-0.25, -0.2) is 0 Å². The summed E-state index contributed by atoms with van der Waals surface area (Å²) in [5.41, 5.74) is 5.86. The molecule has 0 spiro atoms. The maximum Gasteiger partial charge on any atom is 0.128 e. The molecule has 92 valence electrons. The summed E-state index contributed by atoms with van der Waals surface area (Å²) in [5, 5.41) is 9.00. The van der Waals surface area contributed by atoms with Gasteiger partial charge >= 0.3 is 0 Å². The SMILES string of the molecule is COc1cc(C)c(C)cc1-c1cc(C#N)c(C)[nH]1. The fourth-order valence-corrected chi connectivity index (χ4v) is 1.99. The number of nitrogens with zero attached hydrogens (tertiary/aromatic N) is 1. The Morgan fingerprint density at radius 2 is 1.78 bits per heavy atom. The highest BCUT2D eigenvalue weighted by atomic mass is 16.5. The maximum atomic E-state index is 9.00. The molecule has 2 aromatic rings. The highest BCUT2D eigenvalue weighted by Crippen LogP contribution is 2.32. The molecule has 0 fully saturated rings. The number of nitriles is 1. The van der Waals surface area contributed by atoms with Crippen molar-refractivity contribution in [2.45, 2.75) is 20.8 Å². The Balaban J connectivity index is 2.63. The molecule has 0 saturated heterocycles. The molecule has 3 nitrogen and oxygen atoms in total. The van der Waals surface area contributed by atoms with Gasteiger partial charge in [-0.3, -0.25) is 0 Å². The first-order chi connectivity index (χ1) is 8.56. The molecule has 18 heavy (non-hydrogen) atoms. The molecule has 0 saturated carbocycles. The van der Waals surface area contributed by atoms with Crippen LogP contribution in [0.25, 0.3) is 11.3 Å². The highest BCUT2D eigenvalue weighted by molar-refractivity contribution is 5.71. The first-order valence-electron chi connectivity index (χ1n) is 5.82. The first kappa shape index (κ1) is 12.3. The molecule has 0 atom stereocenters. The number of benzene rings is 1. The van der Waals surface area contributed by atoms with Crippen LogP contribution in [0.4, 0.5) is 0 Å². The lowest BCUT2D eigenvalue weighted by atomic mass is 10.0. The number of methoxy groups -OCH3 is 1. The number of hydrogen-bond acceptors (Lipinski definition) is 2. The zero-order valence-electron chi connectivity index (χ0n) is 11.1. The molecule has 1 aromatic heterocycles. The zero-order valence-corrected chi connectivity index (χ0v) is 11.1. The van der Waals surface area contributed by atoms with Crippen molar-refractivity contribution in [2.24, 2.45) is 0 Å². The third-order valence-corrected chi connectivity index (χ3v) is 3.24. The van der Waals surface area contributed by atoms with Gasteiger partial charge in [-0.05, 0) is 50.1 Å². The number of H-pyrrole nitrogens is 1. The molecular weight excluding hydrogens is 224 g/mol. The van der Waals surface area contributed by atoms with E-state index in [9.17, 15) is 0 Å². The van der Waals surface area contributed by atoms with Gasteiger partial charge < -0.3 is 9.72 Å². The van der Waals surface area contributed by atoms with Crippen LogP contribution in [0.5, 0.6) is 5.75 Å². The largest absolute Gasteiger partial charge is 0.496 e. The number of aromatic amines is 1. The van der Waals surface area contributed by atoms with Crippen molar-refractivity contribution in [3.8, 4) is 23.1 Å². The molecule has 0 aliphatic rings. The van der Waals surface area contributed by atoms with E-state index in [4.69, 9.17) is 10.00 Å². The van der Waals surface area contributed by atoms with Crippen molar-refractivity contribution in [1.29, 1.82) is 5.26 Å². The summed E-state index contributed by atoms with van der Waals surface area (Å²) in [7, 11) is 1.66. The van der Waals surface area contributed by atoms with Crippen LogP contribution in [0.3, 0.4) is 0 Å². The van der Waals surface area contributed by atoms with Crippen molar-refractivity contribution in [1.82, 2.24) is 4.98 Å². The van der Waals surface area contributed by atoms with Gasteiger partial charge in [0, 0.05) is 11.3 Å². The first-order valence-corrected chi connectivity index (χ1v) is 5.82. The van der Waals surface area contributed by atoms with Gasteiger partial charge in [-0.2, -0.15) is 5.26 Å². The summed E-state index contributed by atoms with van der Waals surface area (Å²) in [6.07, 6.45) is 0. The van der Waals surface area contributed by atoms with Gasteiger partial charge in [0.05, 0.1) is 18.4 Å². The Hall–Kier alpha value is -2.21. The van der Waals surface area contributed by atoms with Crippen LogP contribution in [0.1, 0.15) is 22.4 Å². The predicted molar refractivity (Wildman–Crippen MR) is 71.7 cm³/mol.